The van der Waals surface area contributed by atoms with E-state index in [2.05, 4.69) is 10.2 Å². The second-order valence-corrected chi connectivity index (χ2v) is 8.42. The van der Waals surface area contributed by atoms with E-state index in [9.17, 15) is 27.2 Å². The third kappa shape index (κ3) is 4.73. The molecule has 0 saturated carbocycles. The zero-order valence-electron chi connectivity index (χ0n) is 16.8. The lowest BCUT2D eigenvalue weighted by atomic mass is 10.1. The minimum Gasteiger partial charge on any atom is -0.348 e. The summed E-state index contributed by atoms with van der Waals surface area (Å²) in [7, 11) is 0. The van der Waals surface area contributed by atoms with Gasteiger partial charge in [-0.1, -0.05) is 11.6 Å². The molecule has 2 atom stereocenters. The van der Waals surface area contributed by atoms with Crippen molar-refractivity contribution in [3.05, 3.63) is 70.0 Å². The molecule has 2 aliphatic heterocycles. The topological polar surface area (TPSA) is 52.7 Å². The van der Waals surface area contributed by atoms with E-state index in [0.29, 0.717) is 32.6 Å². The first kappa shape index (κ1) is 22.5. The number of rotatable bonds is 3. The Morgan fingerprint density at radius 3 is 2.34 bits per heavy atom. The van der Waals surface area contributed by atoms with Crippen molar-refractivity contribution < 1.29 is 27.2 Å². The molecule has 1 N–H and O–H groups in total. The van der Waals surface area contributed by atoms with E-state index in [0.717, 1.165) is 18.2 Å². The number of nitrogens with zero attached hydrogens (tertiary/aromatic N) is 2. The van der Waals surface area contributed by atoms with E-state index >= 15 is 0 Å². The SMILES string of the molecule is O=C(N[C@H]1C[C@H]2CN(C(=O)c3ccc(C(F)(F)F)cc3)CCN2C1)c1ccc(F)c(Cl)c1. The summed E-state index contributed by atoms with van der Waals surface area (Å²) in [6.07, 6.45) is -3.83. The minimum atomic E-state index is -4.45. The summed E-state index contributed by atoms with van der Waals surface area (Å²) in [6.45, 7) is 2.10. The van der Waals surface area contributed by atoms with Crippen molar-refractivity contribution in [2.24, 2.45) is 0 Å². The Labute approximate surface area is 186 Å². The Bertz CT molecular complexity index is 1030. The average molecular weight is 470 g/mol. The van der Waals surface area contributed by atoms with E-state index in [1.165, 1.54) is 24.3 Å². The maximum Gasteiger partial charge on any atom is 0.416 e. The van der Waals surface area contributed by atoms with Crippen molar-refractivity contribution in [2.75, 3.05) is 26.2 Å². The molecule has 2 heterocycles. The zero-order valence-corrected chi connectivity index (χ0v) is 17.6. The summed E-state index contributed by atoms with van der Waals surface area (Å²) in [5, 5.41) is 2.80. The second-order valence-electron chi connectivity index (χ2n) is 8.01. The fourth-order valence-electron chi connectivity index (χ4n) is 4.22. The van der Waals surface area contributed by atoms with Crippen molar-refractivity contribution in [2.45, 2.75) is 24.7 Å². The van der Waals surface area contributed by atoms with Gasteiger partial charge in [0.1, 0.15) is 5.82 Å². The maximum absolute atomic E-state index is 13.3. The monoisotopic (exact) mass is 469 g/mol. The van der Waals surface area contributed by atoms with Crippen molar-refractivity contribution in [3.8, 4) is 0 Å². The zero-order chi connectivity index (χ0) is 23.0. The summed E-state index contributed by atoms with van der Waals surface area (Å²) in [5.74, 6) is -1.26. The highest BCUT2D eigenvalue weighted by atomic mass is 35.5. The number of fused-ring (bicyclic) bond motifs is 1. The van der Waals surface area contributed by atoms with Crippen molar-refractivity contribution in [1.29, 1.82) is 0 Å². The molecular weight excluding hydrogens is 450 g/mol. The summed E-state index contributed by atoms with van der Waals surface area (Å²) >= 11 is 5.74. The van der Waals surface area contributed by atoms with Crippen molar-refractivity contribution >= 4 is 23.4 Å². The van der Waals surface area contributed by atoms with Gasteiger partial charge in [0, 0.05) is 49.4 Å². The van der Waals surface area contributed by atoms with Gasteiger partial charge in [0.2, 0.25) is 0 Å². The maximum atomic E-state index is 13.3. The Morgan fingerprint density at radius 1 is 1.00 bits per heavy atom. The molecule has 2 aromatic rings. The highest BCUT2D eigenvalue weighted by Crippen LogP contribution is 2.30. The highest BCUT2D eigenvalue weighted by Gasteiger charge is 2.38. The molecule has 2 fully saturated rings. The van der Waals surface area contributed by atoms with Gasteiger partial charge in [0.25, 0.3) is 11.8 Å². The summed E-state index contributed by atoms with van der Waals surface area (Å²) < 4.78 is 51.5. The van der Waals surface area contributed by atoms with Crippen LogP contribution >= 0.6 is 11.6 Å². The molecule has 0 radical (unpaired) electrons. The summed E-state index contributed by atoms with van der Waals surface area (Å²) in [5.41, 5.74) is -0.321. The van der Waals surface area contributed by atoms with Gasteiger partial charge < -0.3 is 10.2 Å². The molecule has 5 nitrogen and oxygen atoms in total. The van der Waals surface area contributed by atoms with Gasteiger partial charge >= 0.3 is 6.18 Å². The van der Waals surface area contributed by atoms with Gasteiger partial charge in [0.05, 0.1) is 10.6 Å². The Hall–Kier alpha value is -2.65. The van der Waals surface area contributed by atoms with Crippen LogP contribution in [0.5, 0.6) is 0 Å². The van der Waals surface area contributed by atoms with Gasteiger partial charge in [-0.3, -0.25) is 14.5 Å². The van der Waals surface area contributed by atoms with Crippen LogP contribution in [0.25, 0.3) is 0 Å². The lowest BCUT2D eigenvalue weighted by molar-refractivity contribution is -0.137. The van der Waals surface area contributed by atoms with Crippen LogP contribution in [-0.4, -0.2) is 59.9 Å². The summed E-state index contributed by atoms with van der Waals surface area (Å²) in [4.78, 5) is 29.0. The summed E-state index contributed by atoms with van der Waals surface area (Å²) in [6, 6.07) is 7.88. The third-order valence-electron chi connectivity index (χ3n) is 5.88. The number of benzene rings is 2. The first-order chi connectivity index (χ1) is 15.1. The first-order valence-electron chi connectivity index (χ1n) is 10.1. The molecule has 2 aliphatic rings. The van der Waals surface area contributed by atoms with Crippen LogP contribution in [0.3, 0.4) is 0 Å². The van der Waals surface area contributed by atoms with Gasteiger partial charge in [-0.05, 0) is 48.9 Å². The van der Waals surface area contributed by atoms with E-state index in [1.807, 2.05) is 0 Å². The van der Waals surface area contributed by atoms with Crippen LogP contribution in [-0.2, 0) is 6.18 Å². The predicted molar refractivity (Wildman–Crippen MR) is 110 cm³/mol. The van der Waals surface area contributed by atoms with Crippen molar-refractivity contribution in [1.82, 2.24) is 15.1 Å². The Morgan fingerprint density at radius 2 is 1.69 bits per heavy atom. The number of hydrogen-bond acceptors (Lipinski definition) is 3. The number of halogens is 5. The average Bonchev–Trinajstić information content (AvgIpc) is 3.16. The van der Waals surface area contributed by atoms with Crippen molar-refractivity contribution in [3.63, 3.8) is 0 Å². The van der Waals surface area contributed by atoms with Crippen LogP contribution in [0.4, 0.5) is 17.6 Å². The Kier molecular flexibility index (Phi) is 6.13. The predicted octanol–water partition coefficient (Wildman–Crippen LogP) is 3.83. The normalized spacial score (nSPS) is 21.3. The Balaban J connectivity index is 1.35. The number of amides is 2. The molecule has 0 aromatic heterocycles. The minimum absolute atomic E-state index is 0.0317. The lowest BCUT2D eigenvalue weighted by Crippen LogP contribution is -2.52. The van der Waals surface area contributed by atoms with E-state index in [1.54, 1.807) is 4.90 Å². The van der Waals surface area contributed by atoms with Crippen LogP contribution in [0.15, 0.2) is 42.5 Å². The molecule has 10 heteroatoms. The second kappa shape index (κ2) is 8.71. The molecule has 0 aliphatic carbocycles. The van der Waals surface area contributed by atoms with Gasteiger partial charge in [-0.15, -0.1) is 0 Å². The molecule has 2 aromatic carbocycles. The first-order valence-corrected chi connectivity index (χ1v) is 10.5. The van der Waals surface area contributed by atoms with E-state index in [-0.39, 0.29) is 40.0 Å². The fourth-order valence-corrected chi connectivity index (χ4v) is 4.40. The molecule has 170 valence electrons. The van der Waals surface area contributed by atoms with Gasteiger partial charge in [-0.2, -0.15) is 13.2 Å². The van der Waals surface area contributed by atoms with E-state index in [4.69, 9.17) is 11.6 Å². The number of carbonyl (C=O) groups excluding carboxylic acids is 2. The molecule has 32 heavy (non-hydrogen) atoms. The standard InChI is InChI=1S/C22H20ClF4N3O2/c23-18-9-14(3-6-19(18)24)20(31)28-16-10-17-12-30(8-7-29(17)11-16)21(32)13-1-4-15(5-2-13)22(25,26)27/h1-6,9,16-17H,7-8,10-12H2,(H,28,31)/t16-,17-/m0/s1. The number of hydrogen-bond donors (Lipinski definition) is 1. The van der Waals surface area contributed by atoms with Crippen LogP contribution in [0, 0.1) is 5.82 Å². The molecule has 0 spiro atoms. The van der Waals surface area contributed by atoms with Crippen LogP contribution in [0.2, 0.25) is 5.02 Å². The van der Waals surface area contributed by atoms with Gasteiger partial charge in [0.15, 0.2) is 0 Å². The lowest BCUT2D eigenvalue weighted by Gasteiger charge is -2.37. The number of piperazine rings is 1. The van der Waals surface area contributed by atoms with Crippen LogP contribution in [0.1, 0.15) is 32.7 Å². The van der Waals surface area contributed by atoms with Gasteiger partial charge in [-0.25, -0.2) is 4.39 Å². The fraction of sp³-hybridized carbons (Fsp3) is 0.364. The number of alkyl halides is 3. The van der Waals surface area contributed by atoms with E-state index < -0.39 is 17.6 Å². The quantitative estimate of drug-likeness (QED) is 0.695. The smallest absolute Gasteiger partial charge is 0.348 e. The molecule has 2 amide bonds. The number of nitrogens with one attached hydrogen (secondary N) is 1. The molecular formula is C22H20ClF4N3O2. The number of carbonyl (C=O) groups is 2. The molecule has 0 bridgehead atoms. The highest BCUT2D eigenvalue weighted by molar-refractivity contribution is 6.31. The molecule has 0 unspecified atom stereocenters. The van der Waals surface area contributed by atoms with Crippen LogP contribution < -0.4 is 5.32 Å². The third-order valence-corrected chi connectivity index (χ3v) is 6.17. The largest absolute Gasteiger partial charge is 0.416 e. The molecule has 2 saturated heterocycles. The molecule has 4 rings (SSSR count).